The van der Waals surface area contributed by atoms with Gasteiger partial charge in [0.05, 0.1) is 17.6 Å². The van der Waals surface area contributed by atoms with Crippen LogP contribution in [-0.4, -0.2) is 68.3 Å². The lowest BCUT2D eigenvalue weighted by atomic mass is 10.1. The van der Waals surface area contributed by atoms with Crippen molar-refractivity contribution in [3.8, 4) is 11.5 Å². The van der Waals surface area contributed by atoms with Crippen LogP contribution in [0.2, 0.25) is 0 Å². The second kappa shape index (κ2) is 14.5. The number of nitrogens with zero attached hydrogens (tertiary/aromatic N) is 3. The molecule has 3 atom stereocenters. The molecule has 0 bridgehead atoms. The summed E-state index contributed by atoms with van der Waals surface area (Å²) in [5.74, 6) is -2.78. The number of aryl methyl sites for hydroxylation is 2. The number of fused-ring (bicyclic) bond motifs is 2. The number of carbonyl (C=O) groups is 4. The molecule has 0 spiro atoms. The molecule has 232 valence electrons. The zero-order valence-electron chi connectivity index (χ0n) is 25.1. The first kappa shape index (κ1) is 32.9. The van der Waals surface area contributed by atoms with E-state index in [1.165, 1.54) is 4.57 Å². The summed E-state index contributed by atoms with van der Waals surface area (Å²) >= 11 is 0. The second-order valence-electron chi connectivity index (χ2n) is 9.80. The Hall–Kier alpha value is -4.62. The summed E-state index contributed by atoms with van der Waals surface area (Å²) in [7, 11) is 0. The standard InChI is InChI=1S/C29H36N4O10/c1-7-21(34)40-14-20(42-23(36)9-3)26(43-24(37)10-4)19(41-22(35)8-2)13-33-18-12-16(6)15(5)11-17(18)30-25-27(33)31-29(39)32-28(25)38/h11-12,19-20,26H,7-10,13-14H2,1-6H3,(H,32,38,39). The van der Waals surface area contributed by atoms with Gasteiger partial charge >= 0.3 is 29.6 Å². The molecule has 0 radical (unpaired) electrons. The van der Waals surface area contributed by atoms with Gasteiger partial charge in [-0.05, 0) is 37.1 Å². The monoisotopic (exact) mass is 600 g/mol. The van der Waals surface area contributed by atoms with Gasteiger partial charge < -0.3 is 23.5 Å². The van der Waals surface area contributed by atoms with Crippen molar-refractivity contribution in [2.75, 3.05) is 6.61 Å². The van der Waals surface area contributed by atoms with Crippen LogP contribution in [0.25, 0.3) is 22.6 Å². The van der Waals surface area contributed by atoms with E-state index < -0.39 is 60.0 Å². The van der Waals surface area contributed by atoms with Crippen molar-refractivity contribution in [3.05, 3.63) is 44.1 Å². The lowest BCUT2D eigenvalue weighted by Crippen LogP contribution is -2.49. The fourth-order valence-electron chi connectivity index (χ4n) is 4.23. The van der Waals surface area contributed by atoms with E-state index in [9.17, 15) is 28.8 Å². The Kier molecular flexibility index (Phi) is 11.1. The third kappa shape index (κ3) is 8.02. The maximum Gasteiger partial charge on any atom is 0.349 e. The Morgan fingerprint density at radius 3 is 1.95 bits per heavy atom. The molecular weight excluding hydrogens is 564 g/mol. The molecule has 14 nitrogen and oxygen atoms in total. The summed E-state index contributed by atoms with van der Waals surface area (Å²) in [5.41, 5.74) is 0.704. The summed E-state index contributed by atoms with van der Waals surface area (Å²) < 4.78 is 23.8. The van der Waals surface area contributed by atoms with Crippen molar-refractivity contribution >= 4 is 34.9 Å². The quantitative estimate of drug-likeness (QED) is 0.171. The van der Waals surface area contributed by atoms with Crippen molar-refractivity contribution in [2.24, 2.45) is 0 Å². The lowest BCUT2D eigenvalue weighted by molar-refractivity contribution is -0.192. The summed E-state index contributed by atoms with van der Waals surface area (Å²) in [6, 6.07) is 3.52. The highest BCUT2D eigenvalue weighted by Gasteiger charge is 2.40. The zero-order chi connectivity index (χ0) is 31.8. The highest BCUT2D eigenvalue weighted by molar-refractivity contribution is 5.81. The van der Waals surface area contributed by atoms with Gasteiger partial charge in [-0.2, -0.15) is 4.98 Å². The van der Waals surface area contributed by atoms with Crippen LogP contribution in [0.3, 0.4) is 0 Å². The minimum absolute atomic E-state index is 0.0312. The highest BCUT2D eigenvalue weighted by atomic mass is 16.6. The SMILES string of the molecule is CCC(=O)OCC(OC(=O)CC)C(OC(=O)CC)C(Cn1c2nc(=O)[nH]c(=O)c-2nc2cc(C)c(C)cc21)OC(=O)CC. The molecule has 2 aliphatic heterocycles. The summed E-state index contributed by atoms with van der Waals surface area (Å²) in [6.07, 6.45) is -4.34. The van der Waals surface area contributed by atoms with Gasteiger partial charge in [0, 0.05) is 25.7 Å². The molecule has 14 heteroatoms. The Labute approximate surface area is 247 Å². The fourth-order valence-corrected chi connectivity index (χ4v) is 4.23. The van der Waals surface area contributed by atoms with Gasteiger partial charge in [0.25, 0.3) is 5.56 Å². The summed E-state index contributed by atoms with van der Waals surface area (Å²) in [4.78, 5) is 85.5. The van der Waals surface area contributed by atoms with E-state index in [2.05, 4.69) is 15.0 Å². The predicted octanol–water partition coefficient (Wildman–Crippen LogP) is 2.12. The van der Waals surface area contributed by atoms with Gasteiger partial charge in [0.1, 0.15) is 6.61 Å². The number of carbonyl (C=O) groups excluding carboxylic acids is 4. The van der Waals surface area contributed by atoms with Crippen LogP contribution in [0.1, 0.15) is 64.5 Å². The van der Waals surface area contributed by atoms with Crippen molar-refractivity contribution in [1.82, 2.24) is 19.5 Å². The number of rotatable bonds is 13. The van der Waals surface area contributed by atoms with Crippen molar-refractivity contribution in [3.63, 3.8) is 0 Å². The molecule has 1 aromatic rings. The van der Waals surface area contributed by atoms with Gasteiger partial charge in [0.15, 0.2) is 29.8 Å². The number of hydrogen-bond acceptors (Lipinski definition) is 12. The number of H-pyrrole nitrogens is 1. The molecule has 1 aromatic carbocycles. The van der Waals surface area contributed by atoms with E-state index in [-0.39, 0.29) is 43.7 Å². The smallest absolute Gasteiger partial charge is 0.349 e. The maximum absolute atomic E-state index is 12.8. The van der Waals surface area contributed by atoms with Crippen LogP contribution >= 0.6 is 0 Å². The van der Waals surface area contributed by atoms with E-state index in [4.69, 9.17) is 18.9 Å². The Bertz CT molecular complexity index is 1590. The van der Waals surface area contributed by atoms with E-state index in [0.29, 0.717) is 11.0 Å². The Morgan fingerprint density at radius 2 is 1.35 bits per heavy atom. The molecule has 2 heterocycles. The van der Waals surface area contributed by atoms with Gasteiger partial charge in [-0.15, -0.1) is 0 Å². The van der Waals surface area contributed by atoms with Crippen LogP contribution in [-0.2, 0) is 44.7 Å². The van der Waals surface area contributed by atoms with Gasteiger partial charge in [-0.3, -0.25) is 29.0 Å². The third-order valence-electron chi connectivity index (χ3n) is 6.72. The molecule has 43 heavy (non-hydrogen) atoms. The lowest BCUT2D eigenvalue weighted by Gasteiger charge is -2.33. The van der Waals surface area contributed by atoms with Crippen LogP contribution < -0.4 is 11.2 Å². The van der Waals surface area contributed by atoms with Gasteiger partial charge in [-0.1, -0.05) is 27.7 Å². The van der Waals surface area contributed by atoms with E-state index in [1.54, 1.807) is 39.8 Å². The molecule has 0 aliphatic carbocycles. The Morgan fingerprint density at radius 1 is 0.791 bits per heavy atom. The fraction of sp³-hybridized carbons (Fsp3) is 0.517. The first-order valence-corrected chi connectivity index (χ1v) is 14.1. The molecule has 3 unspecified atom stereocenters. The molecule has 0 saturated carbocycles. The number of ether oxygens (including phenoxy) is 4. The average molecular weight is 601 g/mol. The van der Waals surface area contributed by atoms with Crippen molar-refractivity contribution < 1.29 is 38.1 Å². The van der Waals surface area contributed by atoms with E-state index in [1.807, 2.05) is 13.8 Å². The van der Waals surface area contributed by atoms with E-state index >= 15 is 0 Å². The topological polar surface area (TPSA) is 186 Å². The van der Waals surface area contributed by atoms with Crippen LogP contribution in [0.4, 0.5) is 0 Å². The number of hydrogen-bond donors (Lipinski definition) is 1. The molecule has 1 N–H and O–H groups in total. The number of benzene rings is 1. The number of aromatic amines is 1. The second-order valence-corrected chi connectivity index (χ2v) is 9.80. The molecule has 0 saturated heterocycles. The predicted molar refractivity (Wildman–Crippen MR) is 152 cm³/mol. The minimum Gasteiger partial charge on any atom is -0.462 e. The molecule has 3 rings (SSSR count). The average Bonchev–Trinajstić information content (AvgIpc) is 2.98. The Balaban J connectivity index is 2.29. The molecule has 2 aliphatic rings. The number of aromatic nitrogens is 4. The summed E-state index contributed by atoms with van der Waals surface area (Å²) in [6.45, 7) is 9.15. The van der Waals surface area contributed by atoms with Gasteiger partial charge in [-0.25, -0.2) is 9.78 Å². The van der Waals surface area contributed by atoms with Crippen LogP contribution in [0.5, 0.6) is 0 Å². The normalized spacial score (nSPS) is 13.3. The summed E-state index contributed by atoms with van der Waals surface area (Å²) in [5, 5.41) is 0. The first-order chi connectivity index (χ1) is 20.4. The van der Waals surface area contributed by atoms with Gasteiger partial charge in [0.2, 0.25) is 0 Å². The molecule has 0 fully saturated rings. The molecular formula is C29H36N4O10. The maximum atomic E-state index is 12.8. The third-order valence-corrected chi connectivity index (χ3v) is 6.72. The largest absolute Gasteiger partial charge is 0.462 e. The first-order valence-electron chi connectivity index (χ1n) is 14.1. The van der Waals surface area contributed by atoms with Crippen molar-refractivity contribution in [1.29, 1.82) is 0 Å². The number of nitrogens with one attached hydrogen (secondary N) is 1. The molecule has 0 amide bonds. The van der Waals surface area contributed by atoms with Crippen molar-refractivity contribution in [2.45, 2.75) is 92.1 Å². The minimum atomic E-state index is -1.46. The molecule has 0 aromatic heterocycles. The van der Waals surface area contributed by atoms with Crippen LogP contribution in [0, 0.1) is 13.8 Å². The highest BCUT2D eigenvalue weighted by Crippen LogP contribution is 2.26. The number of esters is 4. The zero-order valence-corrected chi connectivity index (χ0v) is 25.1. The van der Waals surface area contributed by atoms with Crippen LogP contribution in [0.15, 0.2) is 21.7 Å². The van der Waals surface area contributed by atoms with E-state index in [0.717, 1.165) is 11.1 Å².